The van der Waals surface area contributed by atoms with Crippen molar-refractivity contribution < 1.29 is 9.53 Å². The van der Waals surface area contributed by atoms with E-state index in [0.717, 1.165) is 17.7 Å². The topological polar surface area (TPSA) is 39.2 Å². The van der Waals surface area contributed by atoms with E-state index in [1.54, 1.807) is 30.5 Å². The van der Waals surface area contributed by atoms with Crippen LogP contribution in [0, 0.1) is 6.92 Å². The zero-order valence-corrected chi connectivity index (χ0v) is 8.88. The fourth-order valence-electron chi connectivity index (χ4n) is 1.32. The molecule has 0 unspecified atom stereocenters. The van der Waals surface area contributed by atoms with Crippen molar-refractivity contribution in [2.75, 3.05) is 0 Å². The van der Waals surface area contributed by atoms with Gasteiger partial charge in [0.1, 0.15) is 17.8 Å². The molecule has 1 aromatic heterocycles. The van der Waals surface area contributed by atoms with Gasteiger partial charge in [-0.2, -0.15) is 0 Å². The summed E-state index contributed by atoms with van der Waals surface area (Å²) in [5.41, 5.74) is 1.47. The molecule has 0 saturated heterocycles. The van der Waals surface area contributed by atoms with Gasteiger partial charge in [0.05, 0.1) is 5.69 Å². The predicted molar refractivity (Wildman–Crippen MR) is 60.9 cm³/mol. The first-order valence-electron chi connectivity index (χ1n) is 4.94. The minimum atomic E-state index is 0.634. The fourth-order valence-corrected chi connectivity index (χ4v) is 1.32. The molecule has 3 nitrogen and oxygen atoms in total. The van der Waals surface area contributed by atoms with E-state index in [2.05, 4.69) is 4.98 Å². The van der Waals surface area contributed by atoms with Crippen molar-refractivity contribution in [3.63, 3.8) is 0 Å². The monoisotopic (exact) mass is 213 g/mol. The van der Waals surface area contributed by atoms with E-state index in [9.17, 15) is 4.79 Å². The number of hydrogen-bond donors (Lipinski definition) is 0. The largest absolute Gasteiger partial charge is 0.455 e. The molecule has 0 atom stereocenters. The van der Waals surface area contributed by atoms with Gasteiger partial charge in [0.25, 0.3) is 0 Å². The second-order valence-corrected chi connectivity index (χ2v) is 3.38. The molecule has 0 spiro atoms. The molecule has 0 aliphatic heterocycles. The average molecular weight is 213 g/mol. The number of pyridine rings is 1. The third-order valence-electron chi connectivity index (χ3n) is 2.20. The maximum Gasteiger partial charge on any atom is 0.150 e. The van der Waals surface area contributed by atoms with Crippen molar-refractivity contribution in [3.05, 3.63) is 53.9 Å². The third-order valence-corrected chi connectivity index (χ3v) is 2.20. The van der Waals surface area contributed by atoms with Gasteiger partial charge in [-0.1, -0.05) is 0 Å². The number of hydrogen-bond acceptors (Lipinski definition) is 3. The maximum absolute atomic E-state index is 10.5. The Labute approximate surface area is 93.7 Å². The molecule has 2 rings (SSSR count). The Hall–Kier alpha value is -2.16. The molecule has 0 fully saturated rings. The second-order valence-electron chi connectivity index (χ2n) is 3.38. The van der Waals surface area contributed by atoms with Gasteiger partial charge in [0.2, 0.25) is 0 Å². The van der Waals surface area contributed by atoms with Gasteiger partial charge in [-0.15, -0.1) is 0 Å². The van der Waals surface area contributed by atoms with Crippen LogP contribution in [0.1, 0.15) is 16.1 Å². The van der Waals surface area contributed by atoms with Gasteiger partial charge in [-0.3, -0.25) is 9.78 Å². The number of carbonyl (C=O) groups is 1. The highest BCUT2D eigenvalue weighted by molar-refractivity contribution is 5.74. The van der Waals surface area contributed by atoms with Crippen molar-refractivity contribution in [2.45, 2.75) is 6.92 Å². The molecule has 0 N–H and O–H groups in total. The lowest BCUT2D eigenvalue weighted by Crippen LogP contribution is -1.89. The van der Waals surface area contributed by atoms with Crippen LogP contribution in [0.15, 0.2) is 42.6 Å². The minimum absolute atomic E-state index is 0.634. The summed E-state index contributed by atoms with van der Waals surface area (Å²) in [4.78, 5) is 14.6. The molecular weight excluding hydrogens is 202 g/mol. The molecule has 80 valence electrons. The summed E-state index contributed by atoms with van der Waals surface area (Å²) < 4.78 is 5.63. The fraction of sp³-hybridized carbons (Fsp3) is 0.0769. The van der Waals surface area contributed by atoms with Crippen LogP contribution in [0.5, 0.6) is 11.5 Å². The van der Waals surface area contributed by atoms with Crippen molar-refractivity contribution in [1.82, 2.24) is 4.98 Å². The lowest BCUT2D eigenvalue weighted by Gasteiger charge is -2.07. The van der Waals surface area contributed by atoms with E-state index in [1.807, 2.05) is 19.1 Å². The van der Waals surface area contributed by atoms with Crippen molar-refractivity contribution in [2.24, 2.45) is 0 Å². The maximum atomic E-state index is 10.5. The highest BCUT2D eigenvalue weighted by Gasteiger charge is 2.01. The van der Waals surface area contributed by atoms with Gasteiger partial charge in [-0.05, 0) is 43.3 Å². The van der Waals surface area contributed by atoms with E-state index < -0.39 is 0 Å². The van der Waals surface area contributed by atoms with E-state index in [-0.39, 0.29) is 0 Å². The Bertz CT molecular complexity index is 492. The minimum Gasteiger partial charge on any atom is -0.455 e. The molecule has 1 aromatic carbocycles. The molecule has 2 aromatic rings. The summed E-state index contributed by atoms with van der Waals surface area (Å²) in [6.07, 6.45) is 2.52. The normalized spacial score (nSPS) is 9.81. The first kappa shape index (κ1) is 10.4. The van der Waals surface area contributed by atoms with E-state index in [4.69, 9.17) is 4.74 Å². The Morgan fingerprint density at radius 3 is 2.56 bits per heavy atom. The van der Waals surface area contributed by atoms with Crippen LogP contribution in [0.2, 0.25) is 0 Å². The number of aldehydes is 1. The lowest BCUT2D eigenvalue weighted by atomic mass is 10.2. The smallest absolute Gasteiger partial charge is 0.150 e. The highest BCUT2D eigenvalue weighted by atomic mass is 16.5. The van der Waals surface area contributed by atoms with Gasteiger partial charge in [0.15, 0.2) is 0 Å². The zero-order chi connectivity index (χ0) is 11.4. The summed E-state index contributed by atoms with van der Waals surface area (Å²) in [7, 11) is 0. The van der Waals surface area contributed by atoms with Crippen molar-refractivity contribution >= 4 is 6.29 Å². The number of benzene rings is 1. The summed E-state index contributed by atoms with van der Waals surface area (Å²) in [6, 6.07) is 10.6. The first-order valence-corrected chi connectivity index (χ1v) is 4.94. The van der Waals surface area contributed by atoms with Crippen LogP contribution >= 0.6 is 0 Å². The molecule has 0 bridgehead atoms. The number of aryl methyl sites for hydroxylation is 1. The first-order chi connectivity index (χ1) is 7.79. The standard InChI is InChI=1S/C13H11NO2/c1-10-13(3-2-8-14-10)16-12-6-4-11(9-15)5-7-12/h2-9H,1H3. The SMILES string of the molecule is Cc1ncccc1Oc1ccc(C=O)cc1. The van der Waals surface area contributed by atoms with Crippen LogP contribution in [0.3, 0.4) is 0 Å². The number of rotatable bonds is 3. The molecular formula is C13H11NO2. The Morgan fingerprint density at radius 2 is 1.94 bits per heavy atom. The molecule has 0 saturated carbocycles. The second kappa shape index (κ2) is 4.57. The van der Waals surface area contributed by atoms with Crippen LogP contribution in [0.4, 0.5) is 0 Å². The molecule has 0 aliphatic rings. The van der Waals surface area contributed by atoms with E-state index in [0.29, 0.717) is 11.3 Å². The van der Waals surface area contributed by atoms with Crippen molar-refractivity contribution in [1.29, 1.82) is 0 Å². The Kier molecular flexibility index (Phi) is 2.96. The van der Waals surface area contributed by atoms with Gasteiger partial charge < -0.3 is 4.74 Å². The molecule has 3 heteroatoms. The summed E-state index contributed by atoms with van der Waals surface area (Å²) in [5, 5.41) is 0. The quantitative estimate of drug-likeness (QED) is 0.736. The average Bonchev–Trinajstić information content (AvgIpc) is 2.33. The highest BCUT2D eigenvalue weighted by Crippen LogP contribution is 2.23. The summed E-state index contributed by atoms with van der Waals surface area (Å²) >= 11 is 0. The predicted octanol–water partition coefficient (Wildman–Crippen LogP) is 2.99. The van der Waals surface area contributed by atoms with Crippen LogP contribution in [-0.4, -0.2) is 11.3 Å². The van der Waals surface area contributed by atoms with Gasteiger partial charge in [-0.25, -0.2) is 0 Å². The molecule has 0 aliphatic carbocycles. The Morgan fingerprint density at radius 1 is 1.19 bits per heavy atom. The van der Waals surface area contributed by atoms with Gasteiger partial charge in [0, 0.05) is 11.8 Å². The number of nitrogens with zero attached hydrogens (tertiary/aromatic N) is 1. The molecule has 1 heterocycles. The van der Waals surface area contributed by atoms with Crippen LogP contribution in [0.25, 0.3) is 0 Å². The molecule has 0 radical (unpaired) electrons. The summed E-state index contributed by atoms with van der Waals surface area (Å²) in [5.74, 6) is 1.42. The van der Waals surface area contributed by atoms with Gasteiger partial charge >= 0.3 is 0 Å². The third kappa shape index (κ3) is 2.25. The van der Waals surface area contributed by atoms with E-state index >= 15 is 0 Å². The lowest BCUT2D eigenvalue weighted by molar-refractivity contribution is 0.112. The zero-order valence-electron chi connectivity index (χ0n) is 8.88. The number of ether oxygens (including phenoxy) is 1. The van der Waals surface area contributed by atoms with Crippen molar-refractivity contribution in [3.8, 4) is 11.5 Å². The Balaban J connectivity index is 2.21. The summed E-state index contributed by atoms with van der Waals surface area (Å²) in [6.45, 7) is 1.88. The van der Waals surface area contributed by atoms with Crippen LogP contribution < -0.4 is 4.74 Å². The van der Waals surface area contributed by atoms with E-state index in [1.165, 1.54) is 0 Å². The van der Waals surface area contributed by atoms with Crippen LogP contribution in [-0.2, 0) is 0 Å². The molecule has 16 heavy (non-hydrogen) atoms. The number of carbonyl (C=O) groups excluding carboxylic acids is 1. The number of aromatic nitrogens is 1. The molecule has 0 amide bonds.